The fourth-order valence-electron chi connectivity index (χ4n) is 2.45. The molecule has 0 spiro atoms. The normalized spacial score (nSPS) is 24.2. The molecule has 1 aromatic rings. The van der Waals surface area contributed by atoms with Crippen LogP contribution in [0.25, 0.3) is 0 Å². The Bertz CT molecular complexity index is 429. The van der Waals surface area contributed by atoms with Crippen LogP contribution < -0.4 is 10.6 Å². The number of likely N-dealkylation sites (tertiary alicyclic amines) is 1. The summed E-state index contributed by atoms with van der Waals surface area (Å²) in [6.45, 7) is 2.26. The van der Waals surface area contributed by atoms with Crippen LogP contribution in [0, 0.1) is 0 Å². The van der Waals surface area contributed by atoms with Crippen LogP contribution in [-0.4, -0.2) is 48.1 Å². The first kappa shape index (κ1) is 11.7. The number of nitrogens with one attached hydrogen (secondary N) is 2. The summed E-state index contributed by atoms with van der Waals surface area (Å²) in [5, 5.41) is 6.66. The molecule has 5 heteroatoms. The Labute approximate surface area is 108 Å². The van der Waals surface area contributed by atoms with Gasteiger partial charge in [0.05, 0.1) is 0 Å². The molecule has 2 fully saturated rings. The maximum Gasteiger partial charge on any atom is 0.136 e. The third-order valence-corrected chi connectivity index (χ3v) is 3.69. The highest BCUT2D eigenvalue weighted by Crippen LogP contribution is 2.38. The van der Waals surface area contributed by atoms with Crippen molar-refractivity contribution >= 4 is 11.6 Å². The predicted molar refractivity (Wildman–Crippen MR) is 73.1 cm³/mol. The van der Waals surface area contributed by atoms with Gasteiger partial charge in [0.25, 0.3) is 0 Å². The van der Waals surface area contributed by atoms with Gasteiger partial charge in [0.2, 0.25) is 0 Å². The smallest absolute Gasteiger partial charge is 0.136 e. The van der Waals surface area contributed by atoms with Crippen molar-refractivity contribution in [3.63, 3.8) is 0 Å². The molecule has 1 aliphatic carbocycles. The molecule has 0 radical (unpaired) electrons. The monoisotopic (exact) mass is 247 g/mol. The lowest BCUT2D eigenvalue weighted by atomic mass is 10.2. The molecule has 1 aromatic heterocycles. The van der Waals surface area contributed by atoms with E-state index in [1.54, 1.807) is 0 Å². The van der Waals surface area contributed by atoms with E-state index in [0.29, 0.717) is 12.0 Å². The van der Waals surface area contributed by atoms with Gasteiger partial charge in [-0.25, -0.2) is 9.97 Å². The molecule has 0 amide bonds. The summed E-state index contributed by atoms with van der Waals surface area (Å²) in [6.07, 6.45) is 3.66. The SMILES string of the molecule is CNc1cc(NC2CCN(C)C2)nc(C2CC2)n1. The lowest BCUT2D eigenvalue weighted by molar-refractivity contribution is 0.414. The Morgan fingerprint density at radius 3 is 2.61 bits per heavy atom. The van der Waals surface area contributed by atoms with Crippen molar-refractivity contribution in [1.29, 1.82) is 0 Å². The van der Waals surface area contributed by atoms with Crippen molar-refractivity contribution < 1.29 is 0 Å². The first-order valence-electron chi connectivity index (χ1n) is 6.76. The quantitative estimate of drug-likeness (QED) is 0.844. The number of anilines is 2. The van der Waals surface area contributed by atoms with E-state index in [1.165, 1.54) is 19.3 Å². The largest absolute Gasteiger partial charge is 0.373 e. The topological polar surface area (TPSA) is 53.1 Å². The van der Waals surface area contributed by atoms with Crippen LogP contribution >= 0.6 is 0 Å². The van der Waals surface area contributed by atoms with Gasteiger partial charge in [-0.3, -0.25) is 0 Å². The minimum atomic E-state index is 0.515. The Kier molecular flexibility index (Phi) is 3.07. The summed E-state index contributed by atoms with van der Waals surface area (Å²) >= 11 is 0. The molecule has 1 aliphatic heterocycles. The number of likely N-dealkylation sites (N-methyl/N-ethyl adjacent to an activating group) is 1. The van der Waals surface area contributed by atoms with Gasteiger partial charge in [-0.15, -0.1) is 0 Å². The zero-order valence-electron chi connectivity index (χ0n) is 11.1. The zero-order chi connectivity index (χ0) is 12.5. The molecule has 0 bridgehead atoms. The van der Waals surface area contributed by atoms with E-state index in [2.05, 4.69) is 32.5 Å². The molecule has 2 N–H and O–H groups in total. The number of rotatable bonds is 4. The molecule has 98 valence electrons. The molecule has 0 aromatic carbocycles. The van der Waals surface area contributed by atoms with E-state index < -0.39 is 0 Å². The first-order chi connectivity index (χ1) is 8.74. The van der Waals surface area contributed by atoms with Gasteiger partial charge >= 0.3 is 0 Å². The van der Waals surface area contributed by atoms with Crippen LogP contribution in [0.1, 0.15) is 31.0 Å². The molecule has 5 nitrogen and oxygen atoms in total. The van der Waals surface area contributed by atoms with Crippen molar-refractivity contribution in [3.05, 3.63) is 11.9 Å². The van der Waals surface area contributed by atoms with E-state index >= 15 is 0 Å². The third-order valence-electron chi connectivity index (χ3n) is 3.69. The van der Waals surface area contributed by atoms with E-state index in [9.17, 15) is 0 Å². The van der Waals surface area contributed by atoms with E-state index in [0.717, 1.165) is 30.5 Å². The molecule has 1 atom stereocenters. The van der Waals surface area contributed by atoms with Gasteiger partial charge in [-0.05, 0) is 32.9 Å². The van der Waals surface area contributed by atoms with Crippen molar-refractivity contribution in [2.75, 3.05) is 37.8 Å². The zero-order valence-corrected chi connectivity index (χ0v) is 11.1. The molecule has 1 saturated carbocycles. The maximum atomic E-state index is 4.65. The van der Waals surface area contributed by atoms with Gasteiger partial charge in [0.1, 0.15) is 17.5 Å². The van der Waals surface area contributed by atoms with Crippen LogP contribution in [0.4, 0.5) is 11.6 Å². The number of hydrogen-bond acceptors (Lipinski definition) is 5. The molecule has 1 unspecified atom stereocenters. The second-order valence-electron chi connectivity index (χ2n) is 5.41. The summed E-state index contributed by atoms with van der Waals surface area (Å²) in [5.74, 6) is 3.47. The molecule has 1 saturated heterocycles. The highest BCUT2D eigenvalue weighted by atomic mass is 15.2. The second-order valence-corrected chi connectivity index (χ2v) is 5.41. The van der Waals surface area contributed by atoms with Crippen molar-refractivity contribution in [2.24, 2.45) is 0 Å². The fourth-order valence-corrected chi connectivity index (χ4v) is 2.45. The maximum absolute atomic E-state index is 4.65. The number of nitrogens with zero attached hydrogens (tertiary/aromatic N) is 3. The van der Waals surface area contributed by atoms with Gasteiger partial charge in [0.15, 0.2) is 0 Å². The predicted octanol–water partition coefficient (Wildman–Crippen LogP) is 1.51. The summed E-state index contributed by atoms with van der Waals surface area (Å²) in [6, 6.07) is 2.52. The lowest BCUT2D eigenvalue weighted by Crippen LogP contribution is -2.24. The molecule has 2 heterocycles. The van der Waals surface area contributed by atoms with Crippen molar-refractivity contribution in [2.45, 2.75) is 31.2 Å². The van der Waals surface area contributed by atoms with Crippen LogP contribution in [0.5, 0.6) is 0 Å². The molecule has 18 heavy (non-hydrogen) atoms. The molecule has 2 aliphatic rings. The van der Waals surface area contributed by atoms with Crippen LogP contribution in [0.3, 0.4) is 0 Å². The average Bonchev–Trinajstić information content (AvgIpc) is 3.14. The Morgan fingerprint density at radius 2 is 2.00 bits per heavy atom. The Balaban J connectivity index is 1.75. The summed E-state index contributed by atoms with van der Waals surface area (Å²) in [7, 11) is 4.07. The number of hydrogen-bond donors (Lipinski definition) is 2. The third kappa shape index (κ3) is 2.56. The average molecular weight is 247 g/mol. The minimum Gasteiger partial charge on any atom is -0.373 e. The highest BCUT2D eigenvalue weighted by Gasteiger charge is 2.28. The van der Waals surface area contributed by atoms with Crippen molar-refractivity contribution in [1.82, 2.24) is 14.9 Å². The minimum absolute atomic E-state index is 0.515. The van der Waals surface area contributed by atoms with E-state index in [4.69, 9.17) is 0 Å². The fraction of sp³-hybridized carbons (Fsp3) is 0.692. The Morgan fingerprint density at radius 1 is 1.22 bits per heavy atom. The van der Waals surface area contributed by atoms with Crippen molar-refractivity contribution in [3.8, 4) is 0 Å². The number of aromatic nitrogens is 2. The van der Waals surface area contributed by atoms with E-state index in [1.807, 2.05) is 13.1 Å². The van der Waals surface area contributed by atoms with Gasteiger partial charge in [0, 0.05) is 31.6 Å². The van der Waals surface area contributed by atoms with E-state index in [-0.39, 0.29) is 0 Å². The van der Waals surface area contributed by atoms with Crippen LogP contribution in [-0.2, 0) is 0 Å². The van der Waals surface area contributed by atoms with Gasteiger partial charge in [-0.1, -0.05) is 0 Å². The lowest BCUT2D eigenvalue weighted by Gasteiger charge is -2.15. The summed E-state index contributed by atoms with van der Waals surface area (Å²) in [4.78, 5) is 11.5. The van der Waals surface area contributed by atoms with Gasteiger partial charge < -0.3 is 15.5 Å². The molecular formula is C13H21N5. The van der Waals surface area contributed by atoms with Gasteiger partial charge in [-0.2, -0.15) is 0 Å². The Hall–Kier alpha value is -1.36. The highest BCUT2D eigenvalue weighted by molar-refractivity contribution is 5.48. The summed E-state index contributed by atoms with van der Waals surface area (Å²) in [5.41, 5.74) is 0. The molecule has 3 rings (SSSR count). The molecular weight excluding hydrogens is 226 g/mol. The van der Waals surface area contributed by atoms with Crippen LogP contribution in [0.2, 0.25) is 0 Å². The summed E-state index contributed by atoms with van der Waals surface area (Å²) < 4.78 is 0. The second kappa shape index (κ2) is 4.72. The van der Waals surface area contributed by atoms with Crippen LogP contribution in [0.15, 0.2) is 6.07 Å². The standard InChI is InChI=1S/C13H21N5/c1-14-11-7-12(15-10-5-6-18(2)8-10)17-13(16-11)9-3-4-9/h7,9-10H,3-6,8H2,1-2H3,(H2,14,15,16,17). The first-order valence-corrected chi connectivity index (χ1v) is 6.76.